The minimum absolute atomic E-state index is 0.279. The molecular formula is C14H11Br2FO. The molecule has 0 amide bonds. The fourth-order valence-electron chi connectivity index (χ4n) is 1.54. The van der Waals surface area contributed by atoms with Gasteiger partial charge in [-0.25, -0.2) is 4.39 Å². The van der Waals surface area contributed by atoms with Crippen LogP contribution in [-0.2, 0) is 6.61 Å². The fourth-order valence-corrected chi connectivity index (χ4v) is 2.52. The molecular weight excluding hydrogens is 363 g/mol. The van der Waals surface area contributed by atoms with Gasteiger partial charge < -0.3 is 4.74 Å². The van der Waals surface area contributed by atoms with E-state index in [4.69, 9.17) is 4.74 Å². The number of rotatable bonds is 3. The van der Waals surface area contributed by atoms with Gasteiger partial charge in [0.25, 0.3) is 0 Å². The number of aryl methyl sites for hydroxylation is 1. The van der Waals surface area contributed by atoms with Crippen LogP contribution in [0.3, 0.4) is 0 Å². The quantitative estimate of drug-likeness (QED) is 0.714. The first-order chi connectivity index (χ1) is 8.58. The van der Waals surface area contributed by atoms with Crippen LogP contribution in [0, 0.1) is 12.7 Å². The lowest BCUT2D eigenvalue weighted by molar-refractivity contribution is 0.302. The Bertz CT molecular complexity index is 570. The summed E-state index contributed by atoms with van der Waals surface area (Å²) in [5, 5.41) is 0. The number of ether oxygens (including phenoxy) is 1. The summed E-state index contributed by atoms with van der Waals surface area (Å²) in [6.07, 6.45) is 0. The maximum atomic E-state index is 13.3. The van der Waals surface area contributed by atoms with E-state index in [1.54, 1.807) is 6.07 Å². The summed E-state index contributed by atoms with van der Waals surface area (Å²) < 4.78 is 20.3. The summed E-state index contributed by atoms with van der Waals surface area (Å²) in [6.45, 7) is 2.33. The summed E-state index contributed by atoms with van der Waals surface area (Å²) >= 11 is 6.66. The molecule has 0 aliphatic heterocycles. The highest BCUT2D eigenvalue weighted by atomic mass is 79.9. The van der Waals surface area contributed by atoms with Gasteiger partial charge in [0.15, 0.2) is 0 Å². The van der Waals surface area contributed by atoms with Gasteiger partial charge in [0.1, 0.15) is 18.2 Å². The molecule has 0 aliphatic rings. The van der Waals surface area contributed by atoms with E-state index in [9.17, 15) is 4.39 Å². The van der Waals surface area contributed by atoms with Crippen molar-refractivity contribution in [3.63, 3.8) is 0 Å². The second kappa shape index (κ2) is 5.85. The molecule has 0 spiro atoms. The van der Waals surface area contributed by atoms with Crippen molar-refractivity contribution in [3.05, 3.63) is 62.3 Å². The van der Waals surface area contributed by atoms with Crippen LogP contribution in [0.4, 0.5) is 4.39 Å². The van der Waals surface area contributed by atoms with E-state index in [0.29, 0.717) is 11.1 Å². The van der Waals surface area contributed by atoms with Crippen molar-refractivity contribution in [3.8, 4) is 5.75 Å². The van der Waals surface area contributed by atoms with Gasteiger partial charge in [-0.1, -0.05) is 18.2 Å². The molecule has 0 bridgehead atoms. The number of hydrogen-bond acceptors (Lipinski definition) is 1. The normalized spacial score (nSPS) is 10.4. The maximum absolute atomic E-state index is 13.3. The molecule has 0 saturated carbocycles. The molecule has 18 heavy (non-hydrogen) atoms. The van der Waals surface area contributed by atoms with E-state index < -0.39 is 0 Å². The number of hydrogen-bond donors (Lipinski definition) is 0. The third kappa shape index (κ3) is 3.12. The Morgan fingerprint density at radius 1 is 1.17 bits per heavy atom. The summed E-state index contributed by atoms with van der Waals surface area (Å²) in [5.41, 5.74) is 1.93. The van der Waals surface area contributed by atoms with Gasteiger partial charge in [0, 0.05) is 5.56 Å². The minimum Gasteiger partial charge on any atom is -0.488 e. The zero-order chi connectivity index (χ0) is 13.1. The molecule has 0 N–H and O–H groups in total. The van der Waals surface area contributed by atoms with Gasteiger partial charge in [-0.05, 0) is 62.5 Å². The van der Waals surface area contributed by atoms with Crippen LogP contribution in [0.1, 0.15) is 11.1 Å². The van der Waals surface area contributed by atoms with E-state index in [0.717, 1.165) is 21.3 Å². The van der Waals surface area contributed by atoms with Crippen LogP contribution in [0.2, 0.25) is 0 Å². The summed E-state index contributed by atoms with van der Waals surface area (Å²) in [4.78, 5) is 0. The van der Waals surface area contributed by atoms with E-state index in [1.807, 2.05) is 31.2 Å². The maximum Gasteiger partial charge on any atom is 0.137 e. The lowest BCUT2D eigenvalue weighted by Crippen LogP contribution is -1.98. The first kappa shape index (κ1) is 13.6. The molecule has 0 radical (unpaired) electrons. The lowest BCUT2D eigenvalue weighted by Gasteiger charge is -2.10. The average Bonchev–Trinajstić information content (AvgIpc) is 2.33. The van der Waals surface area contributed by atoms with Crippen LogP contribution < -0.4 is 4.74 Å². The predicted molar refractivity (Wildman–Crippen MR) is 77.3 cm³/mol. The first-order valence-corrected chi connectivity index (χ1v) is 6.98. The Morgan fingerprint density at radius 3 is 2.67 bits per heavy atom. The average molecular weight is 374 g/mol. The molecule has 2 rings (SSSR count). The second-order valence-corrected chi connectivity index (χ2v) is 5.58. The molecule has 0 fully saturated rings. The predicted octanol–water partition coefficient (Wildman–Crippen LogP) is 5.24. The van der Waals surface area contributed by atoms with Crippen molar-refractivity contribution in [1.29, 1.82) is 0 Å². The first-order valence-electron chi connectivity index (χ1n) is 5.40. The largest absolute Gasteiger partial charge is 0.488 e. The molecule has 0 atom stereocenters. The molecule has 0 unspecified atom stereocenters. The van der Waals surface area contributed by atoms with E-state index in [1.165, 1.54) is 6.07 Å². The van der Waals surface area contributed by atoms with Crippen molar-refractivity contribution >= 4 is 31.9 Å². The van der Waals surface area contributed by atoms with E-state index >= 15 is 0 Å². The second-order valence-electron chi connectivity index (χ2n) is 3.94. The third-order valence-corrected chi connectivity index (χ3v) is 4.01. The Morgan fingerprint density at radius 2 is 1.94 bits per heavy atom. The molecule has 2 aromatic carbocycles. The fraction of sp³-hybridized carbons (Fsp3) is 0.143. The Kier molecular flexibility index (Phi) is 4.40. The van der Waals surface area contributed by atoms with Crippen LogP contribution in [0.25, 0.3) is 0 Å². The van der Waals surface area contributed by atoms with Gasteiger partial charge in [0.05, 0.1) is 8.95 Å². The molecule has 94 valence electrons. The Hall–Kier alpha value is -0.870. The van der Waals surface area contributed by atoms with Crippen molar-refractivity contribution in [2.75, 3.05) is 0 Å². The number of halogens is 3. The van der Waals surface area contributed by atoms with Crippen molar-refractivity contribution in [2.24, 2.45) is 0 Å². The molecule has 0 heterocycles. The zero-order valence-electron chi connectivity index (χ0n) is 9.71. The topological polar surface area (TPSA) is 9.23 Å². The molecule has 1 nitrogen and oxygen atoms in total. The van der Waals surface area contributed by atoms with Gasteiger partial charge in [-0.15, -0.1) is 0 Å². The van der Waals surface area contributed by atoms with Crippen LogP contribution in [-0.4, -0.2) is 0 Å². The number of benzene rings is 2. The monoisotopic (exact) mass is 372 g/mol. The SMILES string of the molecule is Cc1ccc(OCc2cccc(F)c2Br)c(Br)c1. The van der Waals surface area contributed by atoms with E-state index in [-0.39, 0.29) is 5.82 Å². The molecule has 4 heteroatoms. The summed E-state index contributed by atoms with van der Waals surface area (Å²) in [6, 6.07) is 10.8. The Labute approximate surface area is 122 Å². The third-order valence-electron chi connectivity index (χ3n) is 2.50. The van der Waals surface area contributed by atoms with Crippen molar-refractivity contribution in [1.82, 2.24) is 0 Å². The smallest absolute Gasteiger partial charge is 0.137 e. The highest BCUT2D eigenvalue weighted by molar-refractivity contribution is 9.10. The highest BCUT2D eigenvalue weighted by Gasteiger charge is 2.07. The van der Waals surface area contributed by atoms with Gasteiger partial charge in [-0.3, -0.25) is 0 Å². The van der Waals surface area contributed by atoms with Crippen molar-refractivity contribution in [2.45, 2.75) is 13.5 Å². The standard InChI is InChI=1S/C14H11Br2FO/c1-9-5-6-13(11(15)7-9)18-8-10-3-2-4-12(17)14(10)16/h2-7H,8H2,1H3. The van der Waals surface area contributed by atoms with Crippen LogP contribution in [0.15, 0.2) is 45.3 Å². The zero-order valence-corrected chi connectivity index (χ0v) is 12.9. The Balaban J connectivity index is 2.14. The molecule has 0 aliphatic carbocycles. The molecule has 0 saturated heterocycles. The van der Waals surface area contributed by atoms with Gasteiger partial charge in [0.2, 0.25) is 0 Å². The van der Waals surface area contributed by atoms with Gasteiger partial charge in [-0.2, -0.15) is 0 Å². The highest BCUT2D eigenvalue weighted by Crippen LogP contribution is 2.28. The van der Waals surface area contributed by atoms with Crippen LogP contribution in [0.5, 0.6) is 5.75 Å². The van der Waals surface area contributed by atoms with Crippen LogP contribution >= 0.6 is 31.9 Å². The van der Waals surface area contributed by atoms with Crippen molar-refractivity contribution < 1.29 is 9.13 Å². The van der Waals surface area contributed by atoms with E-state index in [2.05, 4.69) is 31.9 Å². The summed E-state index contributed by atoms with van der Waals surface area (Å²) in [5.74, 6) is 0.468. The molecule has 2 aromatic rings. The van der Waals surface area contributed by atoms with Gasteiger partial charge >= 0.3 is 0 Å². The lowest BCUT2D eigenvalue weighted by atomic mass is 10.2. The minimum atomic E-state index is -0.279. The molecule has 0 aromatic heterocycles. The summed E-state index contributed by atoms with van der Waals surface area (Å²) in [7, 11) is 0.